The number of urea groups is 1. The largest absolute Gasteiger partial charge is 0.494 e. The number of aromatic hydroxyl groups is 1. The highest BCUT2D eigenvalue weighted by atomic mass is 19.1. The van der Waals surface area contributed by atoms with Gasteiger partial charge in [-0.05, 0) is 29.3 Å². The van der Waals surface area contributed by atoms with Crippen LogP contribution in [0.4, 0.5) is 9.18 Å². The van der Waals surface area contributed by atoms with Crippen molar-refractivity contribution < 1.29 is 19.1 Å². The number of carbonyl (C=O) groups excluding carboxylic acids is 2. The van der Waals surface area contributed by atoms with Crippen LogP contribution in [0.15, 0.2) is 61.1 Å². The predicted molar refractivity (Wildman–Crippen MR) is 106 cm³/mol. The number of aromatic nitrogens is 3. The summed E-state index contributed by atoms with van der Waals surface area (Å²) in [6.45, 7) is -0.0717. The number of amides is 3. The number of hydrogen-bond donors (Lipinski definition) is 4. The average Bonchev–Trinajstić information content (AvgIpc) is 3.43. The maximum atomic E-state index is 13.6. The highest BCUT2D eigenvalue weighted by Gasteiger charge is 2.48. The Morgan fingerprint density at radius 1 is 1.10 bits per heavy atom. The molecule has 2 aromatic heterocycles. The number of H-pyrrole nitrogens is 1. The third-order valence-electron chi connectivity index (χ3n) is 5.38. The Kier molecular flexibility index (Phi) is 3.85. The zero-order valence-electron chi connectivity index (χ0n) is 15.5. The summed E-state index contributed by atoms with van der Waals surface area (Å²) in [6.07, 6.45) is 5.04. The van der Waals surface area contributed by atoms with E-state index in [1.165, 1.54) is 16.7 Å². The van der Waals surface area contributed by atoms with Crippen molar-refractivity contribution in [3.63, 3.8) is 0 Å². The molecule has 0 radical (unpaired) electrons. The molecule has 2 aromatic carbocycles. The van der Waals surface area contributed by atoms with Gasteiger partial charge in [-0.25, -0.2) is 9.18 Å². The fourth-order valence-electron chi connectivity index (χ4n) is 3.85. The van der Waals surface area contributed by atoms with Crippen LogP contribution in [0.2, 0.25) is 0 Å². The van der Waals surface area contributed by atoms with Crippen LogP contribution < -0.4 is 10.6 Å². The molecule has 1 saturated heterocycles. The lowest BCUT2D eigenvalue weighted by Gasteiger charge is -2.27. The summed E-state index contributed by atoms with van der Waals surface area (Å²) in [4.78, 5) is 24.9. The van der Waals surface area contributed by atoms with Crippen molar-refractivity contribution in [3.05, 3.63) is 72.4 Å². The van der Waals surface area contributed by atoms with Gasteiger partial charge in [0.05, 0.1) is 12.7 Å². The Morgan fingerprint density at radius 3 is 2.57 bits per heavy atom. The molecule has 1 aliphatic rings. The van der Waals surface area contributed by atoms with Crippen LogP contribution in [0.25, 0.3) is 21.9 Å². The van der Waals surface area contributed by atoms with Crippen LogP contribution in [0, 0.1) is 5.82 Å². The third kappa shape index (κ3) is 2.71. The number of aromatic amines is 1. The van der Waals surface area contributed by atoms with Gasteiger partial charge in [0.2, 0.25) is 0 Å². The Balaban J connectivity index is 1.58. The topological polar surface area (TPSA) is 112 Å². The van der Waals surface area contributed by atoms with Gasteiger partial charge in [0, 0.05) is 28.7 Å². The summed E-state index contributed by atoms with van der Waals surface area (Å²) in [5.41, 5.74) is 0.877. The van der Waals surface area contributed by atoms with E-state index in [1.807, 2.05) is 12.1 Å². The molecular formula is C21H16FN5O3. The number of nitrogens with one attached hydrogen (secondary N) is 3. The first-order valence-corrected chi connectivity index (χ1v) is 9.17. The molecule has 150 valence electrons. The molecule has 30 heavy (non-hydrogen) atoms. The minimum absolute atomic E-state index is 0.0717. The summed E-state index contributed by atoms with van der Waals surface area (Å²) in [5.74, 6) is -1.20. The zero-order chi connectivity index (χ0) is 20.9. The van der Waals surface area contributed by atoms with E-state index in [2.05, 4.69) is 20.8 Å². The maximum Gasteiger partial charge on any atom is 0.322 e. The van der Waals surface area contributed by atoms with Gasteiger partial charge in [-0.2, -0.15) is 5.10 Å². The van der Waals surface area contributed by atoms with Gasteiger partial charge in [0.1, 0.15) is 5.82 Å². The maximum absolute atomic E-state index is 13.6. The molecule has 4 N–H and O–H groups in total. The Morgan fingerprint density at radius 2 is 1.90 bits per heavy atom. The van der Waals surface area contributed by atoms with Crippen LogP contribution in [0.1, 0.15) is 5.56 Å². The Hall–Kier alpha value is -4.14. The van der Waals surface area contributed by atoms with Gasteiger partial charge in [0.15, 0.2) is 11.4 Å². The molecular weight excluding hydrogens is 389 g/mol. The summed E-state index contributed by atoms with van der Waals surface area (Å²) in [5, 5.41) is 23.2. The molecule has 3 heterocycles. The number of halogens is 1. The average molecular weight is 405 g/mol. The second-order valence-corrected chi connectivity index (χ2v) is 7.19. The summed E-state index contributed by atoms with van der Waals surface area (Å²) in [7, 11) is 0. The van der Waals surface area contributed by atoms with Crippen LogP contribution in [-0.4, -0.2) is 31.8 Å². The number of fused-ring (bicyclic) bond motifs is 1. The molecule has 3 amide bonds. The molecule has 0 saturated carbocycles. The number of carbonyl (C=O) groups is 2. The minimum atomic E-state index is -1.43. The Bertz CT molecular complexity index is 1280. The van der Waals surface area contributed by atoms with Crippen LogP contribution in [0.3, 0.4) is 0 Å². The molecule has 0 aliphatic carbocycles. The van der Waals surface area contributed by atoms with Crippen molar-refractivity contribution in [1.29, 1.82) is 0 Å². The molecule has 1 aliphatic heterocycles. The first kappa shape index (κ1) is 17.9. The summed E-state index contributed by atoms with van der Waals surface area (Å²) < 4.78 is 15.0. The lowest BCUT2D eigenvalue weighted by atomic mass is 9.88. The van der Waals surface area contributed by atoms with Crippen molar-refractivity contribution in [2.45, 2.75) is 12.1 Å². The van der Waals surface area contributed by atoms with Crippen LogP contribution in [0.5, 0.6) is 5.88 Å². The van der Waals surface area contributed by atoms with Gasteiger partial charge in [-0.1, -0.05) is 24.3 Å². The standard InChI is InChI=1S/C21H16FN5O3/c22-16-6-3-13-10-27(18(28)17(13)7-16)11-21(19(29)25-20(30)26-21)15-4-1-12(2-5-15)14-8-23-24-9-14/h1-10,28H,11H2,(H,23,24)(H2,25,26,29,30). The molecule has 1 fully saturated rings. The predicted octanol–water partition coefficient (Wildman–Crippen LogP) is 2.61. The zero-order valence-corrected chi connectivity index (χ0v) is 15.5. The number of imide groups is 1. The SMILES string of the molecule is O=C1NC(=O)C(Cn2cc3ccc(F)cc3c2O)(c2ccc(-c3cn[nH]c3)cc2)N1. The second kappa shape index (κ2) is 6.45. The molecule has 1 unspecified atom stereocenters. The van der Waals surface area contributed by atoms with Gasteiger partial charge < -0.3 is 15.0 Å². The van der Waals surface area contributed by atoms with Gasteiger partial charge in [-0.3, -0.25) is 15.2 Å². The highest BCUT2D eigenvalue weighted by molar-refractivity contribution is 6.07. The lowest BCUT2D eigenvalue weighted by molar-refractivity contribution is -0.124. The summed E-state index contributed by atoms with van der Waals surface area (Å²) >= 11 is 0. The molecule has 4 aromatic rings. The van der Waals surface area contributed by atoms with E-state index in [1.54, 1.807) is 36.8 Å². The van der Waals surface area contributed by atoms with E-state index < -0.39 is 23.3 Å². The van der Waals surface area contributed by atoms with Crippen LogP contribution >= 0.6 is 0 Å². The summed E-state index contributed by atoms with van der Waals surface area (Å²) in [6, 6.07) is 10.6. The monoisotopic (exact) mass is 405 g/mol. The second-order valence-electron chi connectivity index (χ2n) is 7.19. The normalized spacial score (nSPS) is 18.6. The van der Waals surface area contributed by atoms with E-state index in [9.17, 15) is 19.1 Å². The molecule has 5 rings (SSSR count). The van der Waals surface area contributed by atoms with Gasteiger partial charge in [-0.15, -0.1) is 0 Å². The van der Waals surface area contributed by atoms with E-state index in [0.717, 1.165) is 11.1 Å². The molecule has 0 spiro atoms. The van der Waals surface area contributed by atoms with E-state index in [4.69, 9.17) is 0 Å². The first-order valence-electron chi connectivity index (χ1n) is 9.17. The molecule has 1 atom stereocenters. The van der Waals surface area contributed by atoms with Crippen LogP contribution in [-0.2, 0) is 16.9 Å². The van der Waals surface area contributed by atoms with E-state index in [0.29, 0.717) is 16.3 Å². The lowest BCUT2D eigenvalue weighted by Crippen LogP contribution is -2.47. The first-order chi connectivity index (χ1) is 14.5. The fraction of sp³-hybridized carbons (Fsp3) is 0.0952. The van der Waals surface area contributed by atoms with Gasteiger partial charge in [0.25, 0.3) is 5.91 Å². The smallest absolute Gasteiger partial charge is 0.322 e. The Labute approximate surface area is 169 Å². The number of hydrogen-bond acceptors (Lipinski definition) is 4. The molecule has 0 bridgehead atoms. The van der Waals surface area contributed by atoms with E-state index in [-0.39, 0.29) is 12.4 Å². The van der Waals surface area contributed by atoms with Crippen molar-refractivity contribution in [1.82, 2.24) is 25.4 Å². The third-order valence-corrected chi connectivity index (χ3v) is 5.38. The number of benzene rings is 2. The molecule has 8 nitrogen and oxygen atoms in total. The fourth-order valence-corrected chi connectivity index (χ4v) is 3.85. The number of nitrogens with zero attached hydrogens (tertiary/aromatic N) is 2. The minimum Gasteiger partial charge on any atom is -0.494 e. The van der Waals surface area contributed by atoms with Crippen molar-refractivity contribution in [2.24, 2.45) is 0 Å². The molecule has 9 heteroatoms. The number of rotatable bonds is 4. The van der Waals surface area contributed by atoms with Crippen molar-refractivity contribution in [2.75, 3.05) is 0 Å². The van der Waals surface area contributed by atoms with E-state index >= 15 is 0 Å². The van der Waals surface area contributed by atoms with Crippen molar-refractivity contribution >= 4 is 22.7 Å². The van der Waals surface area contributed by atoms with Crippen molar-refractivity contribution in [3.8, 4) is 17.0 Å². The highest BCUT2D eigenvalue weighted by Crippen LogP contribution is 2.34. The van der Waals surface area contributed by atoms with Gasteiger partial charge >= 0.3 is 6.03 Å². The quantitative estimate of drug-likeness (QED) is 0.391.